The molecule has 0 unspecified atom stereocenters. The molecule has 2 aromatic rings. The zero-order valence-electron chi connectivity index (χ0n) is 11.4. The minimum Gasteiger partial charge on any atom is -0.477 e. The monoisotopic (exact) mass is 339 g/mol. The van der Waals surface area contributed by atoms with Gasteiger partial charge in [-0.15, -0.1) is 0 Å². The molecule has 0 fully saturated rings. The third-order valence-corrected chi connectivity index (χ3v) is 3.80. The summed E-state index contributed by atoms with van der Waals surface area (Å²) in [4.78, 5) is 11.3. The van der Waals surface area contributed by atoms with Crippen molar-refractivity contribution in [1.29, 1.82) is 0 Å². The van der Waals surface area contributed by atoms with Crippen LogP contribution in [-0.2, 0) is 0 Å². The van der Waals surface area contributed by atoms with Crippen LogP contribution in [0.2, 0.25) is 0 Å². The van der Waals surface area contributed by atoms with Crippen molar-refractivity contribution >= 4 is 21.9 Å². The quantitative estimate of drug-likeness (QED) is 0.884. The third-order valence-electron chi connectivity index (χ3n) is 3.20. The second kappa shape index (κ2) is 5.40. The van der Waals surface area contributed by atoms with Crippen molar-refractivity contribution in [3.8, 4) is 11.3 Å². The summed E-state index contributed by atoms with van der Waals surface area (Å²) in [6.07, 6.45) is 0. The SMILES string of the molecule is Cc1cc(Br)c(F)cc1-c1ccc(C(=O)O)n1C(C)C. The van der Waals surface area contributed by atoms with Gasteiger partial charge in [-0.2, -0.15) is 0 Å². The minimum absolute atomic E-state index is 0.0304. The fourth-order valence-corrected chi connectivity index (χ4v) is 2.78. The lowest BCUT2D eigenvalue weighted by Crippen LogP contribution is -2.12. The van der Waals surface area contributed by atoms with Crippen molar-refractivity contribution in [3.63, 3.8) is 0 Å². The molecule has 0 saturated carbocycles. The molecule has 0 aliphatic carbocycles. The number of benzene rings is 1. The second-order valence-electron chi connectivity index (χ2n) is 4.95. The van der Waals surface area contributed by atoms with Crippen LogP contribution in [-0.4, -0.2) is 15.6 Å². The van der Waals surface area contributed by atoms with Gasteiger partial charge < -0.3 is 9.67 Å². The molecule has 0 atom stereocenters. The van der Waals surface area contributed by atoms with E-state index >= 15 is 0 Å². The number of carbonyl (C=O) groups is 1. The second-order valence-corrected chi connectivity index (χ2v) is 5.81. The Morgan fingerprint density at radius 3 is 2.55 bits per heavy atom. The summed E-state index contributed by atoms with van der Waals surface area (Å²) < 4.78 is 15.9. The summed E-state index contributed by atoms with van der Waals surface area (Å²) in [5.41, 5.74) is 2.50. The molecule has 1 N–H and O–H groups in total. The number of carboxylic acids is 1. The number of hydrogen-bond acceptors (Lipinski definition) is 1. The molecule has 3 nitrogen and oxygen atoms in total. The lowest BCUT2D eigenvalue weighted by Gasteiger charge is -2.17. The molecule has 0 radical (unpaired) electrons. The first-order valence-corrected chi connectivity index (χ1v) is 7.02. The van der Waals surface area contributed by atoms with Gasteiger partial charge in [0, 0.05) is 17.3 Å². The van der Waals surface area contributed by atoms with Crippen LogP contribution in [0.1, 0.15) is 35.9 Å². The largest absolute Gasteiger partial charge is 0.477 e. The number of carboxylic acid groups (broad SMARTS) is 1. The zero-order chi connectivity index (χ0) is 15.0. The third kappa shape index (κ3) is 2.50. The highest BCUT2D eigenvalue weighted by molar-refractivity contribution is 9.10. The lowest BCUT2D eigenvalue weighted by atomic mass is 10.1. The summed E-state index contributed by atoms with van der Waals surface area (Å²) >= 11 is 3.15. The summed E-state index contributed by atoms with van der Waals surface area (Å²) in [5.74, 6) is -1.35. The zero-order valence-corrected chi connectivity index (χ0v) is 13.0. The van der Waals surface area contributed by atoms with Crippen molar-refractivity contribution in [2.45, 2.75) is 26.8 Å². The van der Waals surface area contributed by atoms with Crippen LogP contribution < -0.4 is 0 Å². The van der Waals surface area contributed by atoms with E-state index in [1.165, 1.54) is 6.07 Å². The maximum Gasteiger partial charge on any atom is 0.352 e. The molecule has 1 aromatic carbocycles. The average Bonchev–Trinajstić information content (AvgIpc) is 2.78. The summed E-state index contributed by atoms with van der Waals surface area (Å²) in [5, 5.41) is 9.24. The Labute approximate surface area is 125 Å². The van der Waals surface area contributed by atoms with E-state index in [-0.39, 0.29) is 17.6 Å². The maximum absolute atomic E-state index is 13.8. The molecule has 0 aliphatic heterocycles. The van der Waals surface area contributed by atoms with Gasteiger partial charge >= 0.3 is 5.97 Å². The van der Waals surface area contributed by atoms with Crippen molar-refractivity contribution < 1.29 is 14.3 Å². The summed E-state index contributed by atoms with van der Waals surface area (Å²) in [6.45, 7) is 5.68. The van der Waals surface area contributed by atoms with Crippen LogP contribution in [0, 0.1) is 12.7 Å². The van der Waals surface area contributed by atoms with Crippen LogP contribution >= 0.6 is 15.9 Å². The first-order chi connectivity index (χ1) is 9.32. The van der Waals surface area contributed by atoms with E-state index in [1.54, 1.807) is 22.8 Å². The minimum atomic E-state index is -0.986. The Morgan fingerprint density at radius 2 is 2.00 bits per heavy atom. The van der Waals surface area contributed by atoms with Gasteiger partial charge in [-0.3, -0.25) is 0 Å². The number of rotatable bonds is 3. The van der Waals surface area contributed by atoms with E-state index in [0.29, 0.717) is 15.7 Å². The average molecular weight is 340 g/mol. The molecule has 0 bridgehead atoms. The van der Waals surface area contributed by atoms with Crippen LogP contribution in [0.25, 0.3) is 11.3 Å². The molecule has 0 saturated heterocycles. The topological polar surface area (TPSA) is 42.2 Å². The molecule has 106 valence electrons. The molecule has 5 heteroatoms. The number of nitrogens with zero attached hydrogens (tertiary/aromatic N) is 1. The highest BCUT2D eigenvalue weighted by Crippen LogP contribution is 2.32. The van der Waals surface area contributed by atoms with Gasteiger partial charge in [0.05, 0.1) is 4.47 Å². The van der Waals surface area contributed by atoms with E-state index in [2.05, 4.69) is 15.9 Å². The molecule has 0 amide bonds. The van der Waals surface area contributed by atoms with Crippen molar-refractivity contribution in [2.75, 3.05) is 0 Å². The molecule has 1 heterocycles. The highest BCUT2D eigenvalue weighted by Gasteiger charge is 2.19. The van der Waals surface area contributed by atoms with Crippen molar-refractivity contribution in [1.82, 2.24) is 4.57 Å². The van der Waals surface area contributed by atoms with Gasteiger partial charge in [0.1, 0.15) is 11.5 Å². The number of hydrogen-bond donors (Lipinski definition) is 1. The van der Waals surface area contributed by atoms with Crippen molar-refractivity contribution in [3.05, 3.63) is 45.8 Å². The smallest absolute Gasteiger partial charge is 0.352 e. The van der Waals surface area contributed by atoms with Gasteiger partial charge in [-0.05, 0) is 66.5 Å². The summed E-state index contributed by atoms with van der Waals surface area (Å²) in [6, 6.07) is 6.37. The first kappa shape index (κ1) is 14.8. The standard InChI is InChI=1S/C15H15BrFNO2/c1-8(2)18-13(4-5-14(18)15(19)20)10-7-12(17)11(16)6-9(10)3/h4-8H,1-3H3,(H,19,20). The maximum atomic E-state index is 13.8. The van der Waals surface area contributed by atoms with Crippen LogP contribution in [0.4, 0.5) is 4.39 Å². The fraction of sp³-hybridized carbons (Fsp3) is 0.267. The lowest BCUT2D eigenvalue weighted by molar-refractivity contribution is 0.0683. The Bertz CT molecular complexity index is 677. The Morgan fingerprint density at radius 1 is 1.35 bits per heavy atom. The van der Waals surface area contributed by atoms with Gasteiger partial charge in [0.25, 0.3) is 0 Å². The van der Waals surface area contributed by atoms with Gasteiger partial charge in [0.15, 0.2) is 0 Å². The van der Waals surface area contributed by atoms with Crippen LogP contribution in [0.3, 0.4) is 0 Å². The Balaban J connectivity index is 2.70. The predicted octanol–water partition coefficient (Wildman–Crippen LogP) is 4.64. The first-order valence-electron chi connectivity index (χ1n) is 6.23. The Hall–Kier alpha value is -1.62. The number of aromatic nitrogens is 1. The molecule has 1 aromatic heterocycles. The van der Waals surface area contributed by atoms with E-state index < -0.39 is 5.97 Å². The van der Waals surface area contributed by atoms with Gasteiger partial charge in [-0.25, -0.2) is 9.18 Å². The highest BCUT2D eigenvalue weighted by atomic mass is 79.9. The number of aromatic carboxylic acids is 1. The van der Waals surface area contributed by atoms with Crippen LogP contribution in [0.15, 0.2) is 28.7 Å². The van der Waals surface area contributed by atoms with E-state index in [4.69, 9.17) is 0 Å². The molecule has 0 spiro atoms. The fourth-order valence-electron chi connectivity index (χ4n) is 2.32. The molecule has 0 aliphatic rings. The van der Waals surface area contributed by atoms with Crippen molar-refractivity contribution in [2.24, 2.45) is 0 Å². The molecular weight excluding hydrogens is 325 g/mol. The normalized spacial score (nSPS) is 11.1. The number of halogens is 2. The van der Waals surface area contributed by atoms with Gasteiger partial charge in [-0.1, -0.05) is 0 Å². The van der Waals surface area contributed by atoms with Crippen LogP contribution in [0.5, 0.6) is 0 Å². The Kier molecular flexibility index (Phi) is 3.99. The number of aryl methyl sites for hydroxylation is 1. The summed E-state index contributed by atoms with van der Waals surface area (Å²) in [7, 11) is 0. The predicted molar refractivity (Wildman–Crippen MR) is 79.6 cm³/mol. The van der Waals surface area contributed by atoms with Gasteiger partial charge in [0.2, 0.25) is 0 Å². The van der Waals surface area contributed by atoms with E-state index in [9.17, 15) is 14.3 Å². The van der Waals surface area contributed by atoms with E-state index in [1.807, 2.05) is 20.8 Å². The molecular formula is C15H15BrFNO2. The molecule has 20 heavy (non-hydrogen) atoms. The molecule has 2 rings (SSSR count). The van der Waals surface area contributed by atoms with E-state index in [0.717, 1.165) is 5.56 Å².